The van der Waals surface area contributed by atoms with Gasteiger partial charge in [-0.05, 0) is 43.5 Å². The zero-order chi connectivity index (χ0) is 17.3. The van der Waals surface area contributed by atoms with Crippen molar-refractivity contribution in [3.05, 3.63) is 46.7 Å². The number of likely N-dealkylation sites (tertiary alicyclic amines) is 1. The van der Waals surface area contributed by atoms with Gasteiger partial charge in [0.2, 0.25) is 0 Å². The van der Waals surface area contributed by atoms with Gasteiger partial charge in [0.25, 0.3) is 5.91 Å². The molecule has 4 nitrogen and oxygen atoms in total. The van der Waals surface area contributed by atoms with E-state index in [9.17, 15) is 18.0 Å². The monoisotopic (exact) mass is 357 g/mol. The zero-order valence-corrected chi connectivity index (χ0v) is 13.4. The average Bonchev–Trinajstić information content (AvgIpc) is 3.01. The molecule has 1 aliphatic rings. The standard InChI is InChI=1S/C16H15ClF3N3O/c17-11-4-6-12(7-5-11)23-14(16(18,19)20)13(10-21-23)15(24)22-8-2-1-3-9-22/h4-7,10H,1-3,8-9H2. The molecule has 0 unspecified atom stereocenters. The summed E-state index contributed by atoms with van der Waals surface area (Å²) >= 11 is 5.77. The van der Waals surface area contributed by atoms with Crippen LogP contribution in [0.3, 0.4) is 0 Å². The zero-order valence-electron chi connectivity index (χ0n) is 12.7. The van der Waals surface area contributed by atoms with Gasteiger partial charge in [-0.15, -0.1) is 0 Å². The number of hydrogen-bond donors (Lipinski definition) is 0. The van der Waals surface area contributed by atoms with Crippen LogP contribution >= 0.6 is 11.6 Å². The Morgan fingerprint density at radius 1 is 1.08 bits per heavy atom. The fourth-order valence-corrected chi connectivity index (χ4v) is 2.95. The Hall–Kier alpha value is -2.02. The van der Waals surface area contributed by atoms with Crippen molar-refractivity contribution in [2.75, 3.05) is 13.1 Å². The lowest BCUT2D eigenvalue weighted by molar-refractivity contribution is -0.143. The normalized spacial score (nSPS) is 15.6. The van der Waals surface area contributed by atoms with Gasteiger partial charge in [0.05, 0.1) is 17.4 Å². The first-order chi connectivity index (χ1) is 11.4. The van der Waals surface area contributed by atoms with Crippen LogP contribution in [0.25, 0.3) is 5.69 Å². The Kier molecular flexibility index (Phi) is 4.54. The van der Waals surface area contributed by atoms with Crippen molar-refractivity contribution in [1.82, 2.24) is 14.7 Å². The van der Waals surface area contributed by atoms with Gasteiger partial charge in [0.15, 0.2) is 5.69 Å². The van der Waals surface area contributed by atoms with Gasteiger partial charge in [0.1, 0.15) is 0 Å². The Morgan fingerprint density at radius 2 is 1.71 bits per heavy atom. The third-order valence-corrected chi connectivity index (χ3v) is 4.23. The van der Waals surface area contributed by atoms with Crippen LogP contribution in [0.15, 0.2) is 30.5 Å². The van der Waals surface area contributed by atoms with Crippen LogP contribution in [0.1, 0.15) is 35.3 Å². The molecule has 2 aromatic rings. The third-order valence-electron chi connectivity index (χ3n) is 3.98. The molecule has 0 radical (unpaired) electrons. The predicted molar refractivity (Wildman–Crippen MR) is 83.3 cm³/mol. The highest BCUT2D eigenvalue weighted by Crippen LogP contribution is 2.34. The summed E-state index contributed by atoms with van der Waals surface area (Å²) < 4.78 is 41.5. The lowest BCUT2D eigenvalue weighted by Gasteiger charge is -2.26. The van der Waals surface area contributed by atoms with Crippen LogP contribution in [0, 0.1) is 0 Å². The van der Waals surface area contributed by atoms with E-state index in [0.717, 1.165) is 30.1 Å². The van der Waals surface area contributed by atoms with E-state index in [-0.39, 0.29) is 5.69 Å². The Balaban J connectivity index is 2.04. The predicted octanol–water partition coefficient (Wildman–Crippen LogP) is 4.17. The molecule has 1 amide bonds. The number of aromatic nitrogens is 2. The van der Waals surface area contributed by atoms with Gasteiger partial charge in [-0.2, -0.15) is 18.3 Å². The van der Waals surface area contributed by atoms with Crippen molar-refractivity contribution < 1.29 is 18.0 Å². The highest BCUT2D eigenvalue weighted by molar-refractivity contribution is 6.30. The molecule has 2 heterocycles. The average molecular weight is 358 g/mol. The molecule has 1 aliphatic heterocycles. The summed E-state index contributed by atoms with van der Waals surface area (Å²) in [4.78, 5) is 14.0. The molecular weight excluding hydrogens is 343 g/mol. The highest BCUT2D eigenvalue weighted by Gasteiger charge is 2.41. The van der Waals surface area contributed by atoms with Gasteiger partial charge >= 0.3 is 6.18 Å². The van der Waals surface area contributed by atoms with Crippen molar-refractivity contribution >= 4 is 17.5 Å². The molecule has 1 aromatic carbocycles. The second-order valence-electron chi connectivity index (χ2n) is 5.65. The number of alkyl halides is 3. The first-order valence-corrected chi connectivity index (χ1v) is 7.96. The van der Waals surface area contributed by atoms with Crippen LogP contribution in [-0.4, -0.2) is 33.7 Å². The number of nitrogens with zero attached hydrogens (tertiary/aromatic N) is 3. The fraction of sp³-hybridized carbons (Fsp3) is 0.375. The van der Waals surface area contributed by atoms with E-state index in [4.69, 9.17) is 11.6 Å². The molecule has 0 aliphatic carbocycles. The smallest absolute Gasteiger partial charge is 0.339 e. The molecule has 1 fully saturated rings. The molecule has 128 valence electrons. The van der Waals surface area contributed by atoms with Crippen molar-refractivity contribution in [3.8, 4) is 5.69 Å². The maximum atomic E-state index is 13.6. The van der Waals surface area contributed by atoms with E-state index in [0.29, 0.717) is 18.1 Å². The molecule has 0 atom stereocenters. The largest absolute Gasteiger partial charge is 0.434 e. The number of carbonyl (C=O) groups excluding carboxylic acids is 1. The molecular formula is C16H15ClF3N3O. The van der Waals surface area contributed by atoms with E-state index < -0.39 is 23.3 Å². The van der Waals surface area contributed by atoms with Crippen molar-refractivity contribution in [1.29, 1.82) is 0 Å². The molecule has 0 bridgehead atoms. The maximum absolute atomic E-state index is 13.6. The Morgan fingerprint density at radius 3 is 2.29 bits per heavy atom. The number of hydrogen-bond acceptors (Lipinski definition) is 2. The van der Waals surface area contributed by atoms with Crippen molar-refractivity contribution in [2.45, 2.75) is 25.4 Å². The van der Waals surface area contributed by atoms with Crippen LogP contribution in [0.2, 0.25) is 5.02 Å². The Bertz CT molecular complexity index is 734. The van der Waals surface area contributed by atoms with Crippen LogP contribution in [0.4, 0.5) is 13.2 Å². The van der Waals surface area contributed by atoms with Crippen molar-refractivity contribution in [2.24, 2.45) is 0 Å². The molecule has 0 N–H and O–H groups in total. The van der Waals surface area contributed by atoms with Gasteiger partial charge in [0, 0.05) is 18.1 Å². The number of piperidine rings is 1. The number of benzene rings is 1. The van der Waals surface area contributed by atoms with E-state index >= 15 is 0 Å². The number of rotatable bonds is 2. The number of amides is 1. The second-order valence-corrected chi connectivity index (χ2v) is 6.08. The lowest BCUT2D eigenvalue weighted by Crippen LogP contribution is -2.36. The molecule has 0 spiro atoms. The number of halogens is 4. The van der Waals surface area contributed by atoms with Crippen molar-refractivity contribution in [3.63, 3.8) is 0 Å². The summed E-state index contributed by atoms with van der Waals surface area (Å²) in [6.07, 6.45) is -1.11. The van der Waals surface area contributed by atoms with Crippen LogP contribution < -0.4 is 0 Å². The van der Waals surface area contributed by atoms with Crippen LogP contribution in [0.5, 0.6) is 0 Å². The lowest BCUT2D eigenvalue weighted by atomic mass is 10.1. The fourth-order valence-electron chi connectivity index (χ4n) is 2.82. The summed E-state index contributed by atoms with van der Waals surface area (Å²) in [5.41, 5.74) is -1.27. The summed E-state index contributed by atoms with van der Waals surface area (Å²) in [6.45, 7) is 0.949. The molecule has 3 rings (SSSR count). The molecule has 24 heavy (non-hydrogen) atoms. The second kappa shape index (κ2) is 6.47. The SMILES string of the molecule is O=C(c1cnn(-c2ccc(Cl)cc2)c1C(F)(F)F)N1CCCCC1. The quantitative estimate of drug-likeness (QED) is 0.809. The maximum Gasteiger partial charge on any atom is 0.434 e. The van der Waals surface area contributed by atoms with Crippen LogP contribution in [-0.2, 0) is 6.18 Å². The Labute approximate surface area is 141 Å². The van der Waals surface area contributed by atoms with Gasteiger partial charge < -0.3 is 4.90 Å². The van der Waals surface area contributed by atoms with E-state index in [2.05, 4.69) is 5.10 Å². The van der Waals surface area contributed by atoms with Gasteiger partial charge in [-0.1, -0.05) is 11.6 Å². The molecule has 1 saturated heterocycles. The minimum absolute atomic E-state index is 0.199. The molecule has 0 saturated carbocycles. The minimum atomic E-state index is -4.70. The highest BCUT2D eigenvalue weighted by atomic mass is 35.5. The van der Waals surface area contributed by atoms with E-state index in [1.54, 1.807) is 0 Å². The molecule has 1 aromatic heterocycles. The van der Waals surface area contributed by atoms with Gasteiger partial charge in [-0.25, -0.2) is 4.68 Å². The summed E-state index contributed by atoms with van der Waals surface area (Å²) in [7, 11) is 0. The van der Waals surface area contributed by atoms with E-state index in [1.165, 1.54) is 29.2 Å². The molecule has 8 heteroatoms. The summed E-state index contributed by atoms with van der Waals surface area (Å²) in [6, 6.07) is 5.81. The minimum Gasteiger partial charge on any atom is -0.339 e. The van der Waals surface area contributed by atoms with E-state index in [1.807, 2.05) is 0 Å². The first kappa shape index (κ1) is 16.8. The summed E-state index contributed by atoms with van der Waals surface area (Å²) in [5, 5.41) is 4.21. The third kappa shape index (κ3) is 3.26. The first-order valence-electron chi connectivity index (χ1n) is 7.58. The summed E-state index contributed by atoms with van der Waals surface area (Å²) in [5.74, 6) is -0.623. The van der Waals surface area contributed by atoms with Gasteiger partial charge in [-0.3, -0.25) is 4.79 Å². The topological polar surface area (TPSA) is 38.1 Å². The number of carbonyl (C=O) groups is 1.